The molecule has 2 heterocycles. The monoisotopic (exact) mass is 347 g/mol. The van der Waals surface area contributed by atoms with E-state index in [0.717, 1.165) is 57.0 Å². The lowest BCUT2D eigenvalue weighted by molar-refractivity contribution is -0.122. The fraction of sp³-hybridized carbons (Fsp3) is 0.737. The summed E-state index contributed by atoms with van der Waals surface area (Å²) < 4.78 is 0. The number of nitrogens with zero attached hydrogens (tertiary/aromatic N) is 3. The zero-order chi connectivity index (χ0) is 18.1. The molecule has 0 saturated carbocycles. The van der Waals surface area contributed by atoms with Crippen molar-refractivity contribution in [1.29, 1.82) is 0 Å². The van der Waals surface area contributed by atoms with E-state index in [-0.39, 0.29) is 5.91 Å². The van der Waals surface area contributed by atoms with Crippen LogP contribution in [0.25, 0.3) is 0 Å². The third-order valence-corrected chi connectivity index (χ3v) is 4.98. The van der Waals surface area contributed by atoms with Gasteiger partial charge in [-0.1, -0.05) is 13.8 Å². The second kappa shape index (κ2) is 10.2. The number of carbonyl (C=O) groups is 1. The number of piperidine rings is 1. The summed E-state index contributed by atoms with van der Waals surface area (Å²) in [6.07, 6.45) is 7.55. The maximum atomic E-state index is 12.1. The van der Waals surface area contributed by atoms with Gasteiger partial charge in [0.15, 0.2) is 0 Å². The Kier molecular flexibility index (Phi) is 7.95. The van der Waals surface area contributed by atoms with Crippen LogP contribution in [0.4, 0.5) is 11.6 Å². The molecule has 6 nitrogen and oxygen atoms in total. The Morgan fingerprint density at radius 2 is 2.12 bits per heavy atom. The van der Waals surface area contributed by atoms with Crippen LogP contribution in [0, 0.1) is 5.92 Å². The lowest BCUT2D eigenvalue weighted by Gasteiger charge is -2.33. The largest absolute Gasteiger partial charge is 0.370 e. The predicted octanol–water partition coefficient (Wildman–Crippen LogP) is 3.21. The molecule has 1 aliphatic heterocycles. The van der Waals surface area contributed by atoms with Crippen LogP contribution in [0.15, 0.2) is 12.4 Å². The highest BCUT2D eigenvalue weighted by Crippen LogP contribution is 2.25. The molecule has 0 unspecified atom stereocenters. The van der Waals surface area contributed by atoms with Crippen LogP contribution in [0.3, 0.4) is 0 Å². The predicted molar refractivity (Wildman–Crippen MR) is 103 cm³/mol. The number of aromatic nitrogens is 2. The van der Waals surface area contributed by atoms with Gasteiger partial charge in [0.1, 0.15) is 18.0 Å². The molecule has 2 N–H and O–H groups in total. The molecule has 0 spiro atoms. The zero-order valence-electron chi connectivity index (χ0n) is 15.9. The highest BCUT2D eigenvalue weighted by Gasteiger charge is 2.22. The summed E-state index contributed by atoms with van der Waals surface area (Å²) in [5.41, 5.74) is 0. The standard InChI is InChI=1S/C19H33N5O/c1-4-16(5-2)23-19(25)10-9-15-8-7-11-24(13-15)18-12-17(20-6-3)21-14-22-18/h12,14-16H,4-11,13H2,1-3H3,(H,23,25)(H,20,21,22)/t15-/m0/s1. The van der Waals surface area contributed by atoms with Gasteiger partial charge in [-0.05, 0) is 44.9 Å². The van der Waals surface area contributed by atoms with Gasteiger partial charge in [-0.25, -0.2) is 9.97 Å². The molecule has 2 rings (SSSR count). The van der Waals surface area contributed by atoms with Crippen LogP contribution in [-0.2, 0) is 4.79 Å². The van der Waals surface area contributed by atoms with Crippen LogP contribution in [-0.4, -0.2) is 41.6 Å². The first kappa shape index (κ1) is 19.5. The van der Waals surface area contributed by atoms with E-state index in [9.17, 15) is 4.79 Å². The summed E-state index contributed by atoms with van der Waals surface area (Å²) in [6.45, 7) is 9.16. The Morgan fingerprint density at radius 1 is 1.32 bits per heavy atom. The first-order valence-corrected chi connectivity index (χ1v) is 9.76. The fourth-order valence-corrected chi connectivity index (χ4v) is 3.43. The molecule has 1 fully saturated rings. The zero-order valence-corrected chi connectivity index (χ0v) is 15.9. The van der Waals surface area contributed by atoms with Crippen molar-refractivity contribution in [2.75, 3.05) is 29.9 Å². The summed E-state index contributed by atoms with van der Waals surface area (Å²) in [6, 6.07) is 2.34. The van der Waals surface area contributed by atoms with Gasteiger partial charge in [0, 0.05) is 38.2 Å². The van der Waals surface area contributed by atoms with Crippen molar-refractivity contribution >= 4 is 17.5 Å². The highest BCUT2D eigenvalue weighted by molar-refractivity contribution is 5.76. The van der Waals surface area contributed by atoms with Gasteiger partial charge in [-0.2, -0.15) is 0 Å². The molecule has 1 saturated heterocycles. The third kappa shape index (κ3) is 6.18. The summed E-state index contributed by atoms with van der Waals surface area (Å²) >= 11 is 0. The third-order valence-electron chi connectivity index (χ3n) is 4.98. The first-order valence-electron chi connectivity index (χ1n) is 9.76. The van der Waals surface area contributed by atoms with Crippen molar-refractivity contribution in [3.8, 4) is 0 Å². The van der Waals surface area contributed by atoms with Crippen LogP contribution in [0.2, 0.25) is 0 Å². The van der Waals surface area contributed by atoms with E-state index in [4.69, 9.17) is 0 Å². The van der Waals surface area contributed by atoms with Gasteiger partial charge in [-0.15, -0.1) is 0 Å². The van der Waals surface area contributed by atoms with E-state index < -0.39 is 0 Å². The molecule has 1 aliphatic rings. The summed E-state index contributed by atoms with van der Waals surface area (Å²) in [5, 5.41) is 6.38. The Morgan fingerprint density at radius 3 is 2.84 bits per heavy atom. The van der Waals surface area contributed by atoms with Gasteiger partial charge in [0.2, 0.25) is 5.91 Å². The van der Waals surface area contributed by atoms with Gasteiger partial charge < -0.3 is 15.5 Å². The van der Waals surface area contributed by atoms with E-state index >= 15 is 0 Å². The second-order valence-corrected chi connectivity index (χ2v) is 6.87. The molecule has 1 aromatic heterocycles. The molecular weight excluding hydrogens is 314 g/mol. The minimum absolute atomic E-state index is 0.197. The van der Waals surface area contributed by atoms with Crippen molar-refractivity contribution in [2.24, 2.45) is 5.92 Å². The number of anilines is 2. The highest BCUT2D eigenvalue weighted by atomic mass is 16.1. The van der Waals surface area contributed by atoms with Crippen molar-refractivity contribution in [3.63, 3.8) is 0 Å². The Bertz CT molecular complexity index is 532. The molecule has 1 amide bonds. The topological polar surface area (TPSA) is 70.2 Å². The van der Waals surface area contributed by atoms with E-state index in [2.05, 4.69) is 46.3 Å². The van der Waals surface area contributed by atoms with Crippen molar-refractivity contribution in [3.05, 3.63) is 12.4 Å². The van der Waals surface area contributed by atoms with E-state index in [1.54, 1.807) is 6.33 Å². The number of hydrogen-bond acceptors (Lipinski definition) is 5. The molecule has 25 heavy (non-hydrogen) atoms. The van der Waals surface area contributed by atoms with E-state index in [1.165, 1.54) is 6.42 Å². The number of carbonyl (C=O) groups excluding carboxylic acids is 1. The van der Waals surface area contributed by atoms with Crippen LogP contribution >= 0.6 is 0 Å². The summed E-state index contributed by atoms with van der Waals surface area (Å²) in [5.74, 6) is 2.61. The SMILES string of the molecule is CCNc1cc(N2CCC[C@@H](CCC(=O)NC(CC)CC)C2)ncn1. The molecular formula is C19H33N5O. The first-order chi connectivity index (χ1) is 12.2. The molecule has 0 radical (unpaired) electrons. The van der Waals surface area contributed by atoms with Crippen molar-refractivity contribution < 1.29 is 4.79 Å². The molecule has 1 atom stereocenters. The number of hydrogen-bond donors (Lipinski definition) is 2. The average Bonchev–Trinajstić information content (AvgIpc) is 2.65. The van der Waals surface area contributed by atoms with Gasteiger partial charge in [-0.3, -0.25) is 4.79 Å². The molecule has 0 bridgehead atoms. The van der Waals surface area contributed by atoms with Crippen LogP contribution in [0.1, 0.15) is 59.3 Å². The van der Waals surface area contributed by atoms with Gasteiger partial charge >= 0.3 is 0 Å². The lowest BCUT2D eigenvalue weighted by Crippen LogP contribution is -2.37. The normalized spacial score (nSPS) is 17.6. The molecule has 1 aromatic rings. The Hall–Kier alpha value is -1.85. The molecule has 0 aliphatic carbocycles. The lowest BCUT2D eigenvalue weighted by atomic mass is 9.93. The molecule has 140 valence electrons. The van der Waals surface area contributed by atoms with E-state index in [1.807, 2.05) is 6.07 Å². The van der Waals surface area contributed by atoms with Gasteiger partial charge in [0.05, 0.1) is 0 Å². The Balaban J connectivity index is 1.84. The van der Waals surface area contributed by atoms with Gasteiger partial charge in [0.25, 0.3) is 0 Å². The smallest absolute Gasteiger partial charge is 0.220 e. The minimum atomic E-state index is 0.197. The van der Waals surface area contributed by atoms with Crippen molar-refractivity contribution in [2.45, 2.75) is 65.3 Å². The molecule has 0 aromatic carbocycles. The maximum Gasteiger partial charge on any atom is 0.220 e. The van der Waals surface area contributed by atoms with Crippen LogP contribution < -0.4 is 15.5 Å². The molecule has 6 heteroatoms. The fourth-order valence-electron chi connectivity index (χ4n) is 3.43. The van der Waals surface area contributed by atoms with Crippen molar-refractivity contribution in [1.82, 2.24) is 15.3 Å². The average molecular weight is 348 g/mol. The van der Waals surface area contributed by atoms with E-state index in [0.29, 0.717) is 18.4 Å². The maximum absolute atomic E-state index is 12.1. The number of rotatable bonds is 9. The quantitative estimate of drug-likeness (QED) is 0.718. The van der Waals surface area contributed by atoms with Crippen LogP contribution in [0.5, 0.6) is 0 Å². The Labute approximate surface area is 151 Å². The second-order valence-electron chi connectivity index (χ2n) is 6.87. The minimum Gasteiger partial charge on any atom is -0.370 e. The number of nitrogens with one attached hydrogen (secondary N) is 2. The number of amides is 1. The summed E-state index contributed by atoms with van der Waals surface area (Å²) in [4.78, 5) is 23.1. The summed E-state index contributed by atoms with van der Waals surface area (Å²) in [7, 11) is 0.